The van der Waals surface area contributed by atoms with Gasteiger partial charge in [0.1, 0.15) is 0 Å². The van der Waals surface area contributed by atoms with Gasteiger partial charge < -0.3 is 5.11 Å². The highest BCUT2D eigenvalue weighted by Crippen LogP contribution is 2.17. The molecule has 0 heterocycles. The van der Waals surface area contributed by atoms with Gasteiger partial charge in [0.05, 0.1) is 10.5 Å². The van der Waals surface area contributed by atoms with Crippen LogP contribution in [0.3, 0.4) is 0 Å². The van der Waals surface area contributed by atoms with Crippen LogP contribution in [0.5, 0.6) is 0 Å². The zero-order valence-electron chi connectivity index (χ0n) is 12.9. The summed E-state index contributed by atoms with van der Waals surface area (Å²) in [6, 6.07) is 5.72. The van der Waals surface area contributed by atoms with Crippen LogP contribution in [-0.4, -0.2) is 31.5 Å². The molecule has 0 bridgehead atoms. The first-order chi connectivity index (χ1) is 9.53. The second kappa shape index (κ2) is 6.68. The molecule has 2 N–H and O–H groups in total. The topological polar surface area (TPSA) is 83.5 Å². The van der Waals surface area contributed by atoms with Crippen molar-refractivity contribution >= 4 is 15.8 Å². The highest BCUT2D eigenvalue weighted by molar-refractivity contribution is 7.89. The van der Waals surface area contributed by atoms with E-state index in [0.29, 0.717) is 12.0 Å². The molecule has 1 aromatic rings. The van der Waals surface area contributed by atoms with E-state index in [0.717, 1.165) is 0 Å². The van der Waals surface area contributed by atoms with Crippen molar-refractivity contribution in [3.05, 3.63) is 29.8 Å². The van der Waals surface area contributed by atoms with Crippen molar-refractivity contribution < 1.29 is 18.3 Å². The summed E-state index contributed by atoms with van der Waals surface area (Å²) in [5.41, 5.74) is -0.638. The highest BCUT2D eigenvalue weighted by Gasteiger charge is 2.25. The highest BCUT2D eigenvalue weighted by atomic mass is 32.2. The summed E-state index contributed by atoms with van der Waals surface area (Å²) < 4.78 is 26.7. The fraction of sp³-hybridized carbons (Fsp3) is 0.533. The number of hydrogen-bond donors (Lipinski definition) is 2. The summed E-state index contributed by atoms with van der Waals surface area (Å²) in [4.78, 5) is 11.2. The van der Waals surface area contributed by atoms with Gasteiger partial charge in [-0.2, -0.15) is 0 Å². The third kappa shape index (κ3) is 5.57. The summed E-state index contributed by atoms with van der Waals surface area (Å²) in [7, 11) is -3.69. The Hall–Kier alpha value is -1.24. The minimum atomic E-state index is -3.69. The van der Waals surface area contributed by atoms with E-state index in [4.69, 9.17) is 0 Å². The molecule has 1 rings (SSSR count). The Morgan fingerprint density at radius 2 is 1.81 bits per heavy atom. The van der Waals surface area contributed by atoms with E-state index in [9.17, 15) is 18.3 Å². The first-order valence-electron chi connectivity index (χ1n) is 6.86. The van der Waals surface area contributed by atoms with Crippen molar-refractivity contribution in [2.24, 2.45) is 5.92 Å². The maximum absolute atomic E-state index is 12.1. The lowest BCUT2D eigenvalue weighted by atomic mass is 9.95. The van der Waals surface area contributed by atoms with Gasteiger partial charge in [0, 0.05) is 12.1 Å². The quantitative estimate of drug-likeness (QED) is 0.754. The van der Waals surface area contributed by atoms with Gasteiger partial charge in [-0.05, 0) is 38.3 Å². The molecule has 0 saturated heterocycles. The summed E-state index contributed by atoms with van der Waals surface area (Å²) in [5.74, 6) is 0.145. The number of carbonyl (C=O) groups is 1. The van der Waals surface area contributed by atoms with E-state index in [2.05, 4.69) is 4.72 Å². The molecule has 0 aliphatic rings. The SMILES string of the molecule is CC(=O)c1ccc(S(=O)(=O)NCC(C)(O)CC(C)C)cc1. The Labute approximate surface area is 126 Å². The number of sulfonamides is 1. The van der Waals surface area contributed by atoms with Gasteiger partial charge in [0.2, 0.25) is 10.0 Å². The summed E-state index contributed by atoms with van der Waals surface area (Å²) in [5, 5.41) is 10.1. The minimum Gasteiger partial charge on any atom is -0.389 e. The van der Waals surface area contributed by atoms with E-state index >= 15 is 0 Å². The van der Waals surface area contributed by atoms with Crippen molar-refractivity contribution in [1.29, 1.82) is 0 Å². The molecule has 0 fully saturated rings. The summed E-state index contributed by atoms with van der Waals surface area (Å²) >= 11 is 0. The van der Waals surface area contributed by atoms with Crippen molar-refractivity contribution in [1.82, 2.24) is 4.72 Å². The Balaban J connectivity index is 2.80. The Morgan fingerprint density at radius 3 is 2.24 bits per heavy atom. The van der Waals surface area contributed by atoms with E-state index < -0.39 is 15.6 Å². The molecule has 0 amide bonds. The third-order valence-corrected chi connectivity index (χ3v) is 4.48. The monoisotopic (exact) mass is 313 g/mol. The number of benzene rings is 1. The van der Waals surface area contributed by atoms with Crippen LogP contribution in [0.2, 0.25) is 0 Å². The van der Waals surface area contributed by atoms with E-state index in [-0.39, 0.29) is 23.1 Å². The Kier molecular flexibility index (Phi) is 5.67. The molecular formula is C15H23NO4S. The maximum Gasteiger partial charge on any atom is 0.240 e. The molecule has 0 radical (unpaired) electrons. The van der Waals surface area contributed by atoms with Crippen molar-refractivity contribution in [3.63, 3.8) is 0 Å². The molecule has 0 aliphatic carbocycles. The van der Waals surface area contributed by atoms with Crippen molar-refractivity contribution in [2.75, 3.05) is 6.54 Å². The normalized spacial score (nSPS) is 15.0. The molecule has 118 valence electrons. The molecule has 1 aromatic carbocycles. The summed E-state index contributed by atoms with van der Waals surface area (Å²) in [6.07, 6.45) is 0.499. The largest absolute Gasteiger partial charge is 0.389 e. The fourth-order valence-electron chi connectivity index (χ4n) is 2.15. The molecule has 0 aromatic heterocycles. The Morgan fingerprint density at radius 1 is 1.29 bits per heavy atom. The molecular weight excluding hydrogens is 290 g/mol. The van der Waals surface area contributed by atoms with Crippen LogP contribution in [0.25, 0.3) is 0 Å². The predicted molar refractivity (Wildman–Crippen MR) is 81.7 cm³/mol. The van der Waals surface area contributed by atoms with Crippen LogP contribution < -0.4 is 4.72 Å². The van der Waals surface area contributed by atoms with Gasteiger partial charge >= 0.3 is 0 Å². The van der Waals surface area contributed by atoms with Gasteiger partial charge in [-0.15, -0.1) is 0 Å². The van der Waals surface area contributed by atoms with Crippen molar-refractivity contribution in [2.45, 2.75) is 44.6 Å². The van der Waals surface area contributed by atoms with Gasteiger partial charge in [0.25, 0.3) is 0 Å². The molecule has 6 heteroatoms. The van der Waals surface area contributed by atoms with Crippen LogP contribution >= 0.6 is 0 Å². The average molecular weight is 313 g/mol. The average Bonchev–Trinajstić information content (AvgIpc) is 2.35. The molecule has 0 aliphatic heterocycles. The number of rotatable bonds is 7. The molecule has 5 nitrogen and oxygen atoms in total. The van der Waals surface area contributed by atoms with Crippen LogP contribution in [0.1, 0.15) is 44.5 Å². The summed E-state index contributed by atoms with van der Waals surface area (Å²) in [6.45, 7) is 6.90. The second-order valence-electron chi connectivity index (χ2n) is 6.00. The van der Waals surface area contributed by atoms with Crippen molar-refractivity contribution in [3.8, 4) is 0 Å². The van der Waals surface area contributed by atoms with Crippen LogP contribution in [0.15, 0.2) is 29.2 Å². The van der Waals surface area contributed by atoms with Crippen LogP contribution in [0, 0.1) is 5.92 Å². The van der Waals surface area contributed by atoms with E-state index in [1.54, 1.807) is 6.92 Å². The Bertz CT molecular complexity index is 589. The lowest BCUT2D eigenvalue weighted by Crippen LogP contribution is -2.41. The van der Waals surface area contributed by atoms with E-state index in [1.807, 2.05) is 13.8 Å². The molecule has 0 saturated carbocycles. The van der Waals surface area contributed by atoms with Crippen LogP contribution in [0.4, 0.5) is 0 Å². The van der Waals surface area contributed by atoms with Gasteiger partial charge in [0.15, 0.2) is 5.78 Å². The number of ketones is 1. The molecule has 21 heavy (non-hydrogen) atoms. The number of carbonyl (C=O) groups excluding carboxylic acids is 1. The number of hydrogen-bond acceptors (Lipinski definition) is 4. The maximum atomic E-state index is 12.1. The minimum absolute atomic E-state index is 0.0536. The molecule has 1 unspecified atom stereocenters. The second-order valence-corrected chi connectivity index (χ2v) is 7.77. The number of Topliss-reactive ketones (excluding diaryl/α,β-unsaturated/α-hetero) is 1. The molecule has 1 atom stereocenters. The lowest BCUT2D eigenvalue weighted by molar-refractivity contribution is 0.0436. The smallest absolute Gasteiger partial charge is 0.240 e. The first-order valence-corrected chi connectivity index (χ1v) is 8.35. The van der Waals surface area contributed by atoms with Crippen LogP contribution in [-0.2, 0) is 10.0 Å². The predicted octanol–water partition coefficient (Wildman–Crippen LogP) is 1.96. The zero-order chi connectivity index (χ0) is 16.3. The number of nitrogens with one attached hydrogen (secondary N) is 1. The standard InChI is InChI=1S/C15H23NO4S/c1-11(2)9-15(4,18)10-16-21(19,20)14-7-5-13(6-8-14)12(3)17/h5-8,11,16,18H,9-10H2,1-4H3. The number of aliphatic hydroxyl groups is 1. The van der Waals surface area contributed by atoms with Gasteiger partial charge in [-0.1, -0.05) is 26.0 Å². The fourth-order valence-corrected chi connectivity index (χ4v) is 3.32. The van der Waals surface area contributed by atoms with E-state index in [1.165, 1.54) is 31.2 Å². The zero-order valence-corrected chi connectivity index (χ0v) is 13.7. The van der Waals surface area contributed by atoms with Gasteiger partial charge in [-0.25, -0.2) is 13.1 Å². The van der Waals surface area contributed by atoms with Gasteiger partial charge in [-0.3, -0.25) is 4.79 Å². The molecule has 0 spiro atoms. The third-order valence-electron chi connectivity index (χ3n) is 3.06. The first kappa shape index (κ1) is 17.8. The lowest BCUT2D eigenvalue weighted by Gasteiger charge is -2.25.